The fourth-order valence-corrected chi connectivity index (χ4v) is 3.11. The van der Waals surface area contributed by atoms with Crippen molar-refractivity contribution < 1.29 is 14.2 Å². The van der Waals surface area contributed by atoms with E-state index in [0.29, 0.717) is 18.3 Å². The number of likely N-dealkylation sites (N-methyl/N-ethyl adjacent to an activating group) is 2. The Labute approximate surface area is 141 Å². The minimum absolute atomic E-state index is 0.249. The van der Waals surface area contributed by atoms with Crippen molar-refractivity contribution in [1.82, 2.24) is 14.7 Å². The van der Waals surface area contributed by atoms with Crippen LogP contribution < -0.4 is 0 Å². The SMILES string of the molecule is Cc1cccc(CN2C(=[N+](C)C)N=C3C2C(=O)N(C)C(=O)N3C)c1. The second-order valence-electron chi connectivity index (χ2n) is 6.42. The maximum atomic E-state index is 12.7. The second-order valence-corrected chi connectivity index (χ2v) is 6.42. The van der Waals surface area contributed by atoms with Crippen molar-refractivity contribution in [3.05, 3.63) is 35.4 Å². The molecule has 1 unspecified atom stereocenters. The molecule has 126 valence electrons. The van der Waals surface area contributed by atoms with Crippen LogP contribution in [0.3, 0.4) is 0 Å². The number of rotatable bonds is 2. The first-order valence-electron chi connectivity index (χ1n) is 7.81. The van der Waals surface area contributed by atoms with Crippen molar-refractivity contribution in [1.29, 1.82) is 0 Å². The summed E-state index contributed by atoms with van der Waals surface area (Å²) in [6, 6.07) is 7.24. The van der Waals surface area contributed by atoms with Crippen LogP contribution in [-0.2, 0) is 11.3 Å². The molecule has 0 radical (unpaired) electrons. The number of amidine groups is 1. The monoisotopic (exact) mass is 328 g/mol. The van der Waals surface area contributed by atoms with Gasteiger partial charge in [0.25, 0.3) is 5.91 Å². The van der Waals surface area contributed by atoms with E-state index in [-0.39, 0.29) is 11.9 Å². The molecule has 2 aliphatic heterocycles. The Hall–Kier alpha value is -2.70. The lowest BCUT2D eigenvalue weighted by Crippen LogP contribution is -2.62. The molecule has 1 aromatic carbocycles. The number of amides is 3. The number of aliphatic imine (C=N–C) groups is 1. The van der Waals surface area contributed by atoms with Gasteiger partial charge in [0.15, 0.2) is 0 Å². The molecular formula is C17H22N5O2+. The number of hydrogen-bond acceptors (Lipinski definition) is 2. The zero-order chi connectivity index (χ0) is 17.6. The summed E-state index contributed by atoms with van der Waals surface area (Å²) in [5, 5.41) is 0. The first-order chi connectivity index (χ1) is 11.3. The van der Waals surface area contributed by atoms with Gasteiger partial charge in [-0.2, -0.15) is 0 Å². The van der Waals surface area contributed by atoms with E-state index in [9.17, 15) is 9.59 Å². The average molecular weight is 328 g/mol. The number of aryl methyl sites for hydroxylation is 1. The summed E-state index contributed by atoms with van der Waals surface area (Å²) < 4.78 is 1.87. The van der Waals surface area contributed by atoms with Gasteiger partial charge in [-0.05, 0) is 12.5 Å². The summed E-state index contributed by atoms with van der Waals surface area (Å²) in [4.78, 5) is 34.0. The van der Waals surface area contributed by atoms with Gasteiger partial charge in [-0.1, -0.05) is 34.8 Å². The van der Waals surface area contributed by atoms with Gasteiger partial charge in [0.2, 0.25) is 11.9 Å². The third kappa shape index (κ3) is 2.46. The molecule has 7 heteroatoms. The summed E-state index contributed by atoms with van der Waals surface area (Å²) in [6.07, 6.45) is 0. The van der Waals surface area contributed by atoms with Crippen LogP contribution in [0, 0.1) is 6.92 Å². The number of benzene rings is 1. The predicted octanol–water partition coefficient (Wildman–Crippen LogP) is 0.730. The van der Waals surface area contributed by atoms with E-state index in [2.05, 4.69) is 11.1 Å². The summed E-state index contributed by atoms with van der Waals surface area (Å²) in [6.45, 7) is 2.59. The van der Waals surface area contributed by atoms with Crippen LogP contribution in [-0.4, -0.2) is 77.2 Å². The minimum atomic E-state index is -0.574. The minimum Gasteiger partial charge on any atom is -0.270 e. The van der Waals surface area contributed by atoms with E-state index < -0.39 is 6.04 Å². The van der Waals surface area contributed by atoms with Crippen molar-refractivity contribution in [2.75, 3.05) is 28.2 Å². The number of carbonyl (C=O) groups excluding carboxylic acids is 2. The third-order valence-electron chi connectivity index (χ3n) is 4.35. The molecule has 2 heterocycles. The molecule has 1 aromatic rings. The van der Waals surface area contributed by atoms with E-state index >= 15 is 0 Å². The number of guanidine groups is 1. The Morgan fingerprint density at radius 1 is 1.17 bits per heavy atom. The van der Waals surface area contributed by atoms with Crippen LogP contribution >= 0.6 is 0 Å². The second kappa shape index (κ2) is 5.74. The topological polar surface area (TPSA) is 59.2 Å². The zero-order valence-corrected chi connectivity index (χ0v) is 14.6. The van der Waals surface area contributed by atoms with Gasteiger partial charge in [0, 0.05) is 14.1 Å². The molecule has 0 spiro atoms. The molecule has 0 aromatic heterocycles. The molecule has 0 aliphatic carbocycles. The third-order valence-corrected chi connectivity index (χ3v) is 4.35. The maximum absolute atomic E-state index is 12.7. The summed E-state index contributed by atoms with van der Waals surface area (Å²) in [5.41, 5.74) is 2.26. The molecule has 3 rings (SSSR count). The molecule has 1 fully saturated rings. The number of urea groups is 1. The molecule has 0 saturated carbocycles. The van der Waals surface area contributed by atoms with Crippen LogP contribution in [0.1, 0.15) is 11.1 Å². The van der Waals surface area contributed by atoms with Crippen molar-refractivity contribution in [3.8, 4) is 0 Å². The lowest BCUT2D eigenvalue weighted by atomic mass is 10.1. The molecule has 1 atom stereocenters. The van der Waals surface area contributed by atoms with E-state index in [1.807, 2.05) is 48.7 Å². The van der Waals surface area contributed by atoms with E-state index in [1.54, 1.807) is 7.05 Å². The Morgan fingerprint density at radius 3 is 2.50 bits per heavy atom. The lowest BCUT2D eigenvalue weighted by Gasteiger charge is -2.33. The Kier molecular flexibility index (Phi) is 3.87. The fraction of sp³-hybridized carbons (Fsp3) is 0.412. The van der Waals surface area contributed by atoms with Crippen molar-refractivity contribution in [3.63, 3.8) is 0 Å². The van der Waals surface area contributed by atoms with Crippen molar-refractivity contribution in [2.24, 2.45) is 4.99 Å². The highest BCUT2D eigenvalue weighted by molar-refractivity contribution is 6.25. The van der Waals surface area contributed by atoms with E-state index in [4.69, 9.17) is 0 Å². The number of nitrogens with zero attached hydrogens (tertiary/aromatic N) is 5. The maximum Gasteiger partial charge on any atom is 0.392 e. The molecule has 1 saturated heterocycles. The summed E-state index contributed by atoms with van der Waals surface area (Å²) >= 11 is 0. The first-order valence-corrected chi connectivity index (χ1v) is 7.81. The lowest BCUT2D eigenvalue weighted by molar-refractivity contribution is -0.471. The van der Waals surface area contributed by atoms with Crippen LogP contribution in [0.15, 0.2) is 29.3 Å². The fourth-order valence-electron chi connectivity index (χ4n) is 3.11. The van der Waals surface area contributed by atoms with Gasteiger partial charge < -0.3 is 0 Å². The largest absolute Gasteiger partial charge is 0.392 e. The highest BCUT2D eigenvalue weighted by atomic mass is 16.2. The van der Waals surface area contributed by atoms with Gasteiger partial charge in [-0.25, -0.2) is 9.69 Å². The van der Waals surface area contributed by atoms with Crippen molar-refractivity contribution in [2.45, 2.75) is 19.5 Å². The van der Waals surface area contributed by atoms with Crippen LogP contribution in [0.5, 0.6) is 0 Å². The molecule has 2 aliphatic rings. The smallest absolute Gasteiger partial charge is 0.270 e. The Balaban J connectivity index is 2.03. The Morgan fingerprint density at radius 2 is 1.88 bits per heavy atom. The van der Waals surface area contributed by atoms with Crippen LogP contribution in [0.4, 0.5) is 4.79 Å². The average Bonchev–Trinajstić information content (AvgIpc) is 2.90. The molecule has 7 nitrogen and oxygen atoms in total. The van der Waals surface area contributed by atoms with Gasteiger partial charge in [0.05, 0.1) is 20.6 Å². The quantitative estimate of drug-likeness (QED) is 0.752. The molecule has 24 heavy (non-hydrogen) atoms. The number of imide groups is 1. The highest BCUT2D eigenvalue weighted by Gasteiger charge is 2.54. The summed E-state index contributed by atoms with van der Waals surface area (Å²) in [5.74, 6) is 0.917. The predicted molar refractivity (Wildman–Crippen MR) is 91.0 cm³/mol. The van der Waals surface area contributed by atoms with E-state index in [0.717, 1.165) is 10.5 Å². The molecular weight excluding hydrogens is 306 g/mol. The first kappa shape index (κ1) is 16.2. The van der Waals surface area contributed by atoms with Crippen molar-refractivity contribution >= 4 is 23.7 Å². The van der Waals surface area contributed by atoms with Gasteiger partial charge in [-0.15, -0.1) is 0 Å². The number of carbonyl (C=O) groups is 2. The zero-order valence-electron chi connectivity index (χ0n) is 14.6. The van der Waals surface area contributed by atoms with Gasteiger partial charge in [0.1, 0.15) is 0 Å². The highest BCUT2D eigenvalue weighted by Crippen LogP contribution is 2.24. The summed E-state index contributed by atoms with van der Waals surface area (Å²) in [7, 11) is 6.93. The van der Waals surface area contributed by atoms with Crippen LogP contribution in [0.25, 0.3) is 0 Å². The Bertz CT molecular complexity index is 779. The van der Waals surface area contributed by atoms with E-state index in [1.165, 1.54) is 17.5 Å². The van der Waals surface area contributed by atoms with Gasteiger partial charge in [-0.3, -0.25) is 19.2 Å². The standard InChI is InChI=1S/C17H22N5O2/c1-11-7-6-8-12(9-11)10-22-13-14(18-16(22)19(2)3)20(4)17(24)21(5)15(13)23/h6-9,13H,10H2,1-5H3/q+1. The van der Waals surface area contributed by atoms with Gasteiger partial charge >= 0.3 is 12.0 Å². The number of fused-ring (bicyclic) bond motifs is 1. The molecule has 0 N–H and O–H groups in total. The molecule has 3 amide bonds. The molecule has 0 bridgehead atoms. The normalized spacial score (nSPS) is 20.5. The van der Waals surface area contributed by atoms with Crippen LogP contribution in [0.2, 0.25) is 0 Å². The number of hydrogen-bond donors (Lipinski definition) is 0.